The average Bonchev–Trinajstić information content (AvgIpc) is 2.01. The van der Waals surface area contributed by atoms with Gasteiger partial charge in [0.1, 0.15) is 0 Å². The largest absolute Gasteiger partial charge is 0.330 e. The van der Waals surface area contributed by atoms with Crippen LogP contribution in [0, 0.1) is 0 Å². The summed E-state index contributed by atoms with van der Waals surface area (Å²) in [5.74, 6) is 0.927. The van der Waals surface area contributed by atoms with E-state index in [1.807, 2.05) is 0 Å². The van der Waals surface area contributed by atoms with E-state index in [2.05, 4.69) is 6.92 Å². The summed E-state index contributed by atoms with van der Waals surface area (Å²) in [6, 6.07) is 0. The predicted molar refractivity (Wildman–Crippen MR) is 69.1 cm³/mol. The normalized spacial score (nSPS) is 15.3. The van der Waals surface area contributed by atoms with Crippen molar-refractivity contribution in [1.29, 1.82) is 0 Å². The molecule has 0 fully saturated rings. The maximum Gasteiger partial charge on any atom is 0.155 e. The van der Waals surface area contributed by atoms with Crippen molar-refractivity contribution < 1.29 is 8.42 Å². The summed E-state index contributed by atoms with van der Waals surface area (Å²) in [5.41, 5.74) is 5.42. The van der Waals surface area contributed by atoms with Gasteiger partial charge < -0.3 is 5.73 Å². The zero-order valence-corrected chi connectivity index (χ0v) is 11.7. The van der Waals surface area contributed by atoms with Crippen LogP contribution in [0.4, 0.5) is 0 Å². The standard InChI is InChI=1S/C10H23NO2S2/c1-9(5-6-11)14-7-8-15(12,13)10(2,3)4/h9H,5-8,11H2,1-4H3. The highest BCUT2D eigenvalue weighted by Gasteiger charge is 2.28. The minimum Gasteiger partial charge on any atom is -0.330 e. The lowest BCUT2D eigenvalue weighted by atomic mass is 10.3. The van der Waals surface area contributed by atoms with Crippen LogP contribution in [-0.2, 0) is 9.84 Å². The van der Waals surface area contributed by atoms with E-state index in [4.69, 9.17) is 5.73 Å². The summed E-state index contributed by atoms with van der Waals surface area (Å²) in [7, 11) is -2.96. The molecule has 1 atom stereocenters. The van der Waals surface area contributed by atoms with Crippen LogP contribution < -0.4 is 5.73 Å². The van der Waals surface area contributed by atoms with Crippen molar-refractivity contribution in [2.24, 2.45) is 5.73 Å². The molecule has 0 aliphatic rings. The molecule has 1 unspecified atom stereocenters. The monoisotopic (exact) mass is 253 g/mol. The van der Waals surface area contributed by atoms with Gasteiger partial charge in [-0.25, -0.2) is 8.42 Å². The molecule has 0 amide bonds. The van der Waals surface area contributed by atoms with Gasteiger partial charge in [0.2, 0.25) is 0 Å². The second-order valence-corrected chi connectivity index (χ2v) is 9.10. The van der Waals surface area contributed by atoms with Crippen LogP contribution in [0.5, 0.6) is 0 Å². The van der Waals surface area contributed by atoms with E-state index in [-0.39, 0.29) is 5.75 Å². The van der Waals surface area contributed by atoms with Crippen LogP contribution in [0.3, 0.4) is 0 Å². The van der Waals surface area contributed by atoms with Gasteiger partial charge in [0, 0.05) is 11.0 Å². The second kappa shape index (κ2) is 6.11. The Morgan fingerprint density at radius 3 is 2.27 bits per heavy atom. The van der Waals surface area contributed by atoms with Gasteiger partial charge in [-0.1, -0.05) is 6.92 Å². The van der Waals surface area contributed by atoms with Crippen molar-refractivity contribution in [2.75, 3.05) is 18.1 Å². The molecule has 92 valence electrons. The van der Waals surface area contributed by atoms with Crippen molar-refractivity contribution >= 4 is 21.6 Å². The number of rotatable bonds is 6. The molecule has 0 rings (SSSR count). The molecule has 0 bridgehead atoms. The van der Waals surface area contributed by atoms with Crippen molar-refractivity contribution in [3.8, 4) is 0 Å². The molecule has 0 spiro atoms. The topological polar surface area (TPSA) is 60.2 Å². The van der Waals surface area contributed by atoms with Gasteiger partial charge in [-0.3, -0.25) is 0 Å². The highest BCUT2D eigenvalue weighted by molar-refractivity contribution is 8.01. The molecule has 0 radical (unpaired) electrons. The fourth-order valence-electron chi connectivity index (χ4n) is 0.983. The van der Waals surface area contributed by atoms with E-state index in [1.165, 1.54) is 0 Å². The quantitative estimate of drug-likeness (QED) is 0.782. The highest BCUT2D eigenvalue weighted by Crippen LogP contribution is 2.19. The van der Waals surface area contributed by atoms with Crippen molar-refractivity contribution in [3.05, 3.63) is 0 Å². The molecule has 0 aromatic heterocycles. The smallest absolute Gasteiger partial charge is 0.155 e. The van der Waals surface area contributed by atoms with E-state index in [0.29, 0.717) is 17.5 Å². The minimum atomic E-state index is -2.96. The highest BCUT2D eigenvalue weighted by atomic mass is 32.2. The first-order chi connectivity index (χ1) is 6.70. The van der Waals surface area contributed by atoms with E-state index in [0.717, 1.165) is 6.42 Å². The Morgan fingerprint density at radius 2 is 1.87 bits per heavy atom. The van der Waals surface area contributed by atoms with E-state index >= 15 is 0 Å². The Hall–Kier alpha value is 0.260. The van der Waals surface area contributed by atoms with Crippen LogP contribution >= 0.6 is 11.8 Å². The summed E-state index contributed by atoms with van der Waals surface area (Å²) in [6.45, 7) is 7.99. The first-order valence-corrected chi connectivity index (χ1v) is 7.95. The SMILES string of the molecule is CC(CCN)SCCS(=O)(=O)C(C)(C)C. The fraction of sp³-hybridized carbons (Fsp3) is 1.00. The number of hydrogen-bond donors (Lipinski definition) is 1. The van der Waals surface area contributed by atoms with Crippen molar-refractivity contribution in [3.63, 3.8) is 0 Å². The number of nitrogens with two attached hydrogens (primary N) is 1. The predicted octanol–water partition coefficient (Wildman–Crippen LogP) is 1.67. The van der Waals surface area contributed by atoms with Gasteiger partial charge in [-0.15, -0.1) is 0 Å². The Kier molecular flexibility index (Phi) is 6.21. The van der Waals surface area contributed by atoms with Gasteiger partial charge in [0.25, 0.3) is 0 Å². The zero-order valence-electron chi connectivity index (χ0n) is 10.1. The van der Waals surface area contributed by atoms with E-state index in [9.17, 15) is 8.42 Å². The lowest BCUT2D eigenvalue weighted by molar-refractivity contribution is 0.562. The Bertz CT molecular complexity index is 268. The Labute approximate surface area is 98.1 Å². The molecule has 0 aromatic carbocycles. The van der Waals surface area contributed by atoms with Gasteiger partial charge in [-0.05, 0) is 33.7 Å². The van der Waals surface area contributed by atoms with Crippen LogP contribution in [0.15, 0.2) is 0 Å². The van der Waals surface area contributed by atoms with Gasteiger partial charge in [0.05, 0.1) is 10.5 Å². The molecule has 5 heteroatoms. The van der Waals surface area contributed by atoms with Crippen LogP contribution in [0.2, 0.25) is 0 Å². The lowest BCUT2D eigenvalue weighted by Gasteiger charge is -2.19. The molecule has 0 heterocycles. The van der Waals surface area contributed by atoms with Crippen LogP contribution in [-0.4, -0.2) is 36.5 Å². The molecular weight excluding hydrogens is 230 g/mol. The third-order valence-electron chi connectivity index (χ3n) is 2.26. The molecule has 0 aliphatic carbocycles. The minimum absolute atomic E-state index is 0.260. The number of thioether (sulfide) groups is 1. The van der Waals surface area contributed by atoms with E-state index < -0.39 is 14.6 Å². The summed E-state index contributed by atoms with van der Waals surface area (Å²) >= 11 is 1.68. The summed E-state index contributed by atoms with van der Waals surface area (Å²) in [6.07, 6.45) is 0.945. The molecule has 0 saturated carbocycles. The van der Waals surface area contributed by atoms with Crippen molar-refractivity contribution in [1.82, 2.24) is 0 Å². The maximum absolute atomic E-state index is 11.8. The first-order valence-electron chi connectivity index (χ1n) is 5.24. The summed E-state index contributed by atoms with van der Waals surface area (Å²) in [5, 5.41) is 0.449. The van der Waals surface area contributed by atoms with Gasteiger partial charge in [0.15, 0.2) is 9.84 Å². The fourth-order valence-corrected chi connectivity index (χ4v) is 3.56. The second-order valence-electron chi connectivity index (χ2n) is 4.69. The number of sulfone groups is 1. The molecule has 0 saturated heterocycles. The maximum atomic E-state index is 11.8. The Morgan fingerprint density at radius 1 is 1.33 bits per heavy atom. The van der Waals surface area contributed by atoms with E-state index in [1.54, 1.807) is 32.5 Å². The number of hydrogen-bond acceptors (Lipinski definition) is 4. The zero-order chi connectivity index (χ0) is 12.1. The third kappa shape index (κ3) is 5.78. The first kappa shape index (κ1) is 15.3. The molecule has 15 heavy (non-hydrogen) atoms. The molecule has 2 N–H and O–H groups in total. The molecule has 0 aromatic rings. The van der Waals surface area contributed by atoms with Crippen LogP contribution in [0.25, 0.3) is 0 Å². The Balaban J connectivity index is 3.97. The van der Waals surface area contributed by atoms with Crippen molar-refractivity contribution in [2.45, 2.75) is 44.1 Å². The lowest BCUT2D eigenvalue weighted by Crippen LogP contribution is -2.31. The van der Waals surface area contributed by atoms with Gasteiger partial charge in [-0.2, -0.15) is 11.8 Å². The summed E-state index contributed by atoms with van der Waals surface area (Å²) < 4.78 is 22.9. The molecule has 3 nitrogen and oxygen atoms in total. The summed E-state index contributed by atoms with van der Waals surface area (Å²) in [4.78, 5) is 0. The molecule has 0 aliphatic heterocycles. The third-order valence-corrected chi connectivity index (χ3v) is 6.37. The van der Waals surface area contributed by atoms with Crippen LogP contribution in [0.1, 0.15) is 34.1 Å². The van der Waals surface area contributed by atoms with Gasteiger partial charge >= 0.3 is 0 Å². The average molecular weight is 253 g/mol. The molecular formula is C10H23NO2S2.